The van der Waals surface area contributed by atoms with Crippen molar-refractivity contribution >= 4 is 0 Å². The fraction of sp³-hybridized carbons (Fsp3) is 0.440. The van der Waals surface area contributed by atoms with Gasteiger partial charge in [-0.1, -0.05) is 55.8 Å². The summed E-state index contributed by atoms with van der Waals surface area (Å²) in [6.07, 6.45) is 14.9. The summed E-state index contributed by atoms with van der Waals surface area (Å²) in [5.74, 6) is 0.0394. The Morgan fingerprint density at radius 2 is 1.59 bits per heavy atom. The molecular weight excluding hydrogens is 338 g/mol. The predicted octanol–water partition coefficient (Wildman–Crippen LogP) is 7.73. The lowest BCUT2D eigenvalue weighted by atomic mass is 9.79. The maximum absolute atomic E-state index is 13.4. The highest BCUT2D eigenvalue weighted by Crippen LogP contribution is 2.32. The maximum atomic E-state index is 13.4. The van der Waals surface area contributed by atoms with E-state index in [9.17, 15) is 8.78 Å². The number of allylic oxidation sites excluding steroid dienone is 2. The van der Waals surface area contributed by atoms with Crippen molar-refractivity contribution in [3.8, 4) is 11.1 Å². The molecule has 0 N–H and O–H groups in total. The molecule has 0 nitrogen and oxygen atoms in total. The molecule has 0 amide bonds. The fourth-order valence-electron chi connectivity index (χ4n) is 4.04. The summed E-state index contributed by atoms with van der Waals surface area (Å²) in [5.41, 5.74) is 2.97. The van der Waals surface area contributed by atoms with Crippen LogP contribution in [0.25, 0.3) is 11.1 Å². The van der Waals surface area contributed by atoms with E-state index in [0.717, 1.165) is 29.4 Å². The third kappa shape index (κ3) is 5.76. The first-order valence-corrected chi connectivity index (χ1v) is 10.4. The normalized spacial score (nSPS) is 20.3. The highest BCUT2D eigenvalue weighted by Gasteiger charge is 2.19. The third-order valence-corrected chi connectivity index (χ3v) is 5.80. The van der Waals surface area contributed by atoms with Crippen molar-refractivity contribution in [2.75, 3.05) is 0 Å². The van der Waals surface area contributed by atoms with Crippen LogP contribution in [0, 0.1) is 23.5 Å². The van der Waals surface area contributed by atoms with E-state index >= 15 is 0 Å². The van der Waals surface area contributed by atoms with Crippen LogP contribution in [-0.2, 0) is 6.42 Å². The van der Waals surface area contributed by atoms with Crippen LogP contribution in [-0.4, -0.2) is 0 Å². The second kappa shape index (κ2) is 9.82. The first kappa shape index (κ1) is 19.8. The summed E-state index contributed by atoms with van der Waals surface area (Å²) in [6, 6.07) is 12.3. The number of hydrogen-bond donors (Lipinski definition) is 0. The summed E-state index contributed by atoms with van der Waals surface area (Å²) in [7, 11) is 0. The van der Waals surface area contributed by atoms with Crippen molar-refractivity contribution in [3.63, 3.8) is 0 Å². The lowest BCUT2D eigenvalue weighted by Gasteiger charge is -2.26. The second-order valence-electron chi connectivity index (χ2n) is 7.86. The summed E-state index contributed by atoms with van der Waals surface area (Å²) >= 11 is 0. The van der Waals surface area contributed by atoms with Crippen LogP contribution >= 0.6 is 0 Å². The molecule has 0 bridgehead atoms. The molecule has 0 atom stereocenters. The van der Waals surface area contributed by atoms with Gasteiger partial charge in [0.1, 0.15) is 0 Å². The molecule has 1 saturated carbocycles. The van der Waals surface area contributed by atoms with Crippen molar-refractivity contribution in [2.24, 2.45) is 11.8 Å². The molecule has 27 heavy (non-hydrogen) atoms. The molecular formula is C25H30F2. The summed E-state index contributed by atoms with van der Waals surface area (Å²) in [5, 5.41) is 0. The second-order valence-corrected chi connectivity index (χ2v) is 7.86. The van der Waals surface area contributed by atoms with Crippen molar-refractivity contribution in [1.82, 2.24) is 0 Å². The Kier molecular flexibility index (Phi) is 7.20. The first-order chi connectivity index (χ1) is 13.2. The lowest BCUT2D eigenvalue weighted by molar-refractivity contribution is 0.296. The average Bonchev–Trinajstić information content (AvgIpc) is 2.70. The van der Waals surface area contributed by atoms with Crippen LogP contribution in [0.2, 0.25) is 0 Å². The van der Waals surface area contributed by atoms with Gasteiger partial charge < -0.3 is 0 Å². The SMILES string of the molecule is CCC/C=C/C1CCC(CCc2ccc(-c3ccc(F)c(F)c3)cc2)CC1. The Hall–Kier alpha value is -1.96. The molecule has 2 aromatic rings. The van der Waals surface area contributed by atoms with E-state index in [1.54, 1.807) is 6.07 Å². The van der Waals surface area contributed by atoms with Gasteiger partial charge in [0, 0.05) is 0 Å². The van der Waals surface area contributed by atoms with Crippen molar-refractivity contribution in [2.45, 2.75) is 58.3 Å². The van der Waals surface area contributed by atoms with Gasteiger partial charge in [0.25, 0.3) is 0 Å². The molecule has 0 saturated heterocycles. The maximum Gasteiger partial charge on any atom is 0.159 e. The summed E-state index contributed by atoms with van der Waals surface area (Å²) < 4.78 is 26.5. The molecule has 0 aromatic heterocycles. The van der Waals surface area contributed by atoms with Gasteiger partial charge >= 0.3 is 0 Å². The van der Waals surface area contributed by atoms with Gasteiger partial charge in [-0.3, -0.25) is 0 Å². The van der Waals surface area contributed by atoms with Gasteiger partial charge in [-0.05, 0) is 85.6 Å². The van der Waals surface area contributed by atoms with Gasteiger partial charge in [0.05, 0.1) is 0 Å². The molecule has 1 aliphatic carbocycles. The molecule has 2 heteroatoms. The number of halogens is 2. The first-order valence-electron chi connectivity index (χ1n) is 10.4. The highest BCUT2D eigenvalue weighted by atomic mass is 19.2. The topological polar surface area (TPSA) is 0 Å². The van der Waals surface area contributed by atoms with Crippen molar-refractivity contribution in [3.05, 3.63) is 71.8 Å². The smallest absolute Gasteiger partial charge is 0.159 e. The van der Waals surface area contributed by atoms with E-state index in [-0.39, 0.29) is 0 Å². The summed E-state index contributed by atoms with van der Waals surface area (Å²) in [6.45, 7) is 2.23. The van der Waals surface area contributed by atoms with Crippen LogP contribution in [0.5, 0.6) is 0 Å². The predicted molar refractivity (Wildman–Crippen MR) is 110 cm³/mol. The Bertz CT molecular complexity index is 737. The Morgan fingerprint density at radius 1 is 0.889 bits per heavy atom. The van der Waals surface area contributed by atoms with Gasteiger partial charge in [0.2, 0.25) is 0 Å². The van der Waals surface area contributed by atoms with Crippen molar-refractivity contribution < 1.29 is 8.78 Å². The minimum Gasteiger partial charge on any atom is -0.204 e. The number of unbranched alkanes of at least 4 members (excludes halogenated alkanes) is 1. The number of benzene rings is 2. The van der Waals surface area contributed by atoms with Crippen LogP contribution in [0.1, 0.15) is 57.4 Å². The molecule has 3 rings (SSSR count). The van der Waals surface area contributed by atoms with Crippen molar-refractivity contribution in [1.29, 1.82) is 0 Å². The van der Waals surface area contributed by atoms with E-state index in [0.29, 0.717) is 0 Å². The Labute approximate surface area is 162 Å². The molecule has 0 spiro atoms. The average molecular weight is 369 g/mol. The molecule has 0 aliphatic heterocycles. The zero-order valence-electron chi connectivity index (χ0n) is 16.3. The van der Waals surface area contributed by atoms with Gasteiger partial charge in [0.15, 0.2) is 11.6 Å². The highest BCUT2D eigenvalue weighted by molar-refractivity contribution is 5.63. The van der Waals surface area contributed by atoms with E-state index < -0.39 is 11.6 Å². The number of rotatable bonds is 7. The molecule has 144 valence electrons. The minimum atomic E-state index is -0.800. The number of aryl methyl sites for hydroxylation is 1. The molecule has 0 unspecified atom stereocenters. The Balaban J connectivity index is 1.47. The molecule has 2 aromatic carbocycles. The molecule has 1 aliphatic rings. The van der Waals surface area contributed by atoms with Gasteiger partial charge in [-0.15, -0.1) is 0 Å². The van der Waals surface area contributed by atoms with Crippen LogP contribution in [0.4, 0.5) is 8.78 Å². The standard InChI is InChI=1S/C25H30F2/c1-2-3-4-5-19-6-8-20(9-7-19)10-11-21-12-14-22(15-13-21)23-16-17-24(26)25(27)18-23/h4-5,12-20H,2-3,6-11H2,1H3/b5-4+. The van der Waals surface area contributed by atoms with E-state index in [4.69, 9.17) is 0 Å². The Morgan fingerprint density at radius 3 is 2.26 bits per heavy atom. The van der Waals surface area contributed by atoms with Crippen LogP contribution in [0.3, 0.4) is 0 Å². The quantitative estimate of drug-likeness (QED) is 0.439. The van der Waals surface area contributed by atoms with E-state index in [1.165, 1.54) is 62.6 Å². The van der Waals surface area contributed by atoms with E-state index in [1.807, 2.05) is 12.1 Å². The van der Waals surface area contributed by atoms with Gasteiger partial charge in [-0.2, -0.15) is 0 Å². The lowest BCUT2D eigenvalue weighted by Crippen LogP contribution is -2.13. The minimum absolute atomic E-state index is 0.718. The third-order valence-electron chi connectivity index (χ3n) is 5.80. The van der Waals surface area contributed by atoms with Crippen LogP contribution in [0.15, 0.2) is 54.6 Å². The summed E-state index contributed by atoms with van der Waals surface area (Å²) in [4.78, 5) is 0. The largest absolute Gasteiger partial charge is 0.204 e. The zero-order valence-corrected chi connectivity index (χ0v) is 16.3. The van der Waals surface area contributed by atoms with Crippen LogP contribution < -0.4 is 0 Å². The van der Waals surface area contributed by atoms with E-state index in [2.05, 4.69) is 31.2 Å². The molecule has 0 radical (unpaired) electrons. The monoisotopic (exact) mass is 368 g/mol. The fourth-order valence-corrected chi connectivity index (χ4v) is 4.04. The zero-order chi connectivity index (χ0) is 19.1. The number of hydrogen-bond acceptors (Lipinski definition) is 0. The molecule has 1 fully saturated rings. The van der Waals surface area contributed by atoms with Gasteiger partial charge in [-0.25, -0.2) is 8.78 Å². The molecule has 0 heterocycles.